The van der Waals surface area contributed by atoms with Crippen molar-refractivity contribution in [2.75, 3.05) is 4.72 Å². The minimum atomic E-state index is -3.65. The maximum Gasteiger partial charge on any atom is 0.263 e. The largest absolute Gasteiger partial charge is 0.285 e. The van der Waals surface area contributed by atoms with E-state index in [1.165, 1.54) is 12.3 Å². The predicted octanol–water partition coefficient (Wildman–Crippen LogP) is 2.40. The lowest BCUT2D eigenvalue weighted by Crippen LogP contribution is -2.13. The minimum Gasteiger partial charge on any atom is -0.285 e. The van der Waals surface area contributed by atoms with Crippen molar-refractivity contribution in [3.05, 3.63) is 54.0 Å². The molecular formula is C15H16N4O2S. The molecule has 0 aliphatic rings. The van der Waals surface area contributed by atoms with E-state index in [1.807, 2.05) is 12.1 Å². The molecule has 0 unspecified atom stereocenters. The van der Waals surface area contributed by atoms with E-state index >= 15 is 0 Å². The number of fused-ring (bicyclic) bond motifs is 1. The van der Waals surface area contributed by atoms with Crippen LogP contribution in [0.5, 0.6) is 0 Å². The second-order valence-electron chi connectivity index (χ2n) is 5.00. The summed E-state index contributed by atoms with van der Waals surface area (Å²) in [5.74, 6) is 0.638. The third kappa shape index (κ3) is 2.67. The van der Waals surface area contributed by atoms with Gasteiger partial charge < -0.3 is 0 Å². The average molecular weight is 316 g/mol. The van der Waals surface area contributed by atoms with E-state index in [0.717, 1.165) is 12.0 Å². The summed E-state index contributed by atoms with van der Waals surface area (Å²) >= 11 is 0. The first-order valence-electron chi connectivity index (χ1n) is 6.93. The van der Waals surface area contributed by atoms with Gasteiger partial charge in [-0.25, -0.2) is 8.42 Å². The van der Waals surface area contributed by atoms with Gasteiger partial charge >= 0.3 is 0 Å². The van der Waals surface area contributed by atoms with Crippen LogP contribution >= 0.6 is 0 Å². The molecule has 0 radical (unpaired) electrons. The van der Waals surface area contributed by atoms with Crippen molar-refractivity contribution in [3.8, 4) is 0 Å². The Morgan fingerprint density at radius 1 is 1.09 bits per heavy atom. The molecule has 0 aliphatic heterocycles. The number of hydrogen-bond donors (Lipinski definition) is 1. The van der Waals surface area contributed by atoms with E-state index in [1.54, 1.807) is 29.5 Å². The zero-order valence-corrected chi connectivity index (χ0v) is 13.1. The third-order valence-corrected chi connectivity index (χ3v) is 4.84. The maximum atomic E-state index is 12.5. The van der Waals surface area contributed by atoms with E-state index < -0.39 is 10.0 Å². The highest BCUT2D eigenvalue weighted by molar-refractivity contribution is 7.92. The van der Waals surface area contributed by atoms with Crippen molar-refractivity contribution in [3.63, 3.8) is 0 Å². The van der Waals surface area contributed by atoms with Crippen LogP contribution in [0.25, 0.3) is 5.65 Å². The van der Waals surface area contributed by atoms with Crippen LogP contribution in [-0.2, 0) is 16.4 Å². The van der Waals surface area contributed by atoms with E-state index in [-0.39, 0.29) is 4.90 Å². The summed E-state index contributed by atoms with van der Waals surface area (Å²) in [6.07, 6.45) is 2.43. The van der Waals surface area contributed by atoms with E-state index in [4.69, 9.17) is 0 Å². The zero-order valence-electron chi connectivity index (χ0n) is 12.3. The van der Waals surface area contributed by atoms with Crippen LogP contribution < -0.4 is 4.72 Å². The van der Waals surface area contributed by atoms with Gasteiger partial charge in [-0.2, -0.15) is 0 Å². The highest BCUT2D eigenvalue weighted by Gasteiger charge is 2.16. The van der Waals surface area contributed by atoms with Crippen LogP contribution in [0.4, 0.5) is 5.69 Å². The number of nitrogens with zero attached hydrogens (tertiary/aromatic N) is 3. The number of pyridine rings is 1. The van der Waals surface area contributed by atoms with Gasteiger partial charge in [-0.3, -0.25) is 9.12 Å². The molecule has 0 saturated heterocycles. The molecule has 0 saturated carbocycles. The predicted molar refractivity (Wildman–Crippen MR) is 84.4 cm³/mol. The van der Waals surface area contributed by atoms with Gasteiger partial charge in [0.15, 0.2) is 5.65 Å². The molecule has 3 rings (SSSR count). The van der Waals surface area contributed by atoms with Crippen molar-refractivity contribution in [1.29, 1.82) is 0 Å². The van der Waals surface area contributed by atoms with Crippen molar-refractivity contribution in [2.45, 2.75) is 25.2 Å². The Labute approximate surface area is 128 Å². The molecule has 0 atom stereocenters. The van der Waals surface area contributed by atoms with Crippen LogP contribution in [0.1, 0.15) is 18.3 Å². The maximum absolute atomic E-state index is 12.5. The van der Waals surface area contributed by atoms with Crippen LogP contribution in [0.2, 0.25) is 0 Å². The van der Waals surface area contributed by atoms with E-state index in [2.05, 4.69) is 21.8 Å². The number of sulfonamides is 1. The quantitative estimate of drug-likeness (QED) is 0.802. The van der Waals surface area contributed by atoms with Gasteiger partial charge in [0.25, 0.3) is 10.0 Å². The van der Waals surface area contributed by atoms with Gasteiger partial charge in [-0.15, -0.1) is 10.2 Å². The number of aryl methyl sites for hydroxylation is 2. The fraction of sp³-hybridized carbons (Fsp3) is 0.200. The van der Waals surface area contributed by atoms with Crippen molar-refractivity contribution >= 4 is 21.4 Å². The number of rotatable bonds is 4. The summed E-state index contributed by atoms with van der Waals surface area (Å²) in [7, 11) is -3.65. The van der Waals surface area contributed by atoms with Crippen LogP contribution in [0, 0.1) is 6.92 Å². The zero-order chi connectivity index (χ0) is 15.7. The molecule has 1 aromatic carbocycles. The van der Waals surface area contributed by atoms with Gasteiger partial charge in [-0.05, 0) is 43.2 Å². The first-order chi connectivity index (χ1) is 10.5. The van der Waals surface area contributed by atoms with Gasteiger partial charge in [0.1, 0.15) is 10.7 Å². The molecule has 0 fully saturated rings. The summed E-state index contributed by atoms with van der Waals surface area (Å²) < 4.78 is 29.2. The third-order valence-electron chi connectivity index (χ3n) is 3.47. The summed E-state index contributed by atoms with van der Waals surface area (Å²) in [6, 6.07) is 10.5. The van der Waals surface area contributed by atoms with Gasteiger partial charge in [-0.1, -0.05) is 19.1 Å². The van der Waals surface area contributed by atoms with Crippen LogP contribution in [-0.4, -0.2) is 23.0 Å². The lowest BCUT2D eigenvalue weighted by atomic mass is 10.2. The summed E-state index contributed by atoms with van der Waals surface area (Å²) in [5.41, 5.74) is 2.31. The Bertz CT molecular complexity index is 914. The minimum absolute atomic E-state index is 0.169. The smallest absolute Gasteiger partial charge is 0.263 e. The lowest BCUT2D eigenvalue weighted by Gasteiger charge is -2.09. The number of aromatic nitrogens is 3. The van der Waals surface area contributed by atoms with Crippen molar-refractivity contribution < 1.29 is 8.42 Å². The first kappa shape index (κ1) is 14.5. The van der Waals surface area contributed by atoms with Gasteiger partial charge in [0.2, 0.25) is 0 Å². The molecule has 0 aliphatic carbocycles. The summed E-state index contributed by atoms with van der Waals surface area (Å²) in [5, 5.41) is 7.86. The Balaban J connectivity index is 1.94. The Morgan fingerprint density at radius 2 is 1.82 bits per heavy atom. The van der Waals surface area contributed by atoms with Crippen LogP contribution in [0.3, 0.4) is 0 Å². The Hall–Kier alpha value is -2.41. The van der Waals surface area contributed by atoms with Gasteiger partial charge in [0.05, 0.1) is 0 Å². The number of benzene rings is 1. The summed E-state index contributed by atoms with van der Waals surface area (Å²) in [6.45, 7) is 3.82. The Morgan fingerprint density at radius 3 is 2.50 bits per heavy atom. The molecule has 2 aromatic heterocycles. The van der Waals surface area contributed by atoms with Crippen molar-refractivity contribution in [1.82, 2.24) is 14.6 Å². The standard InChI is InChI=1S/C15H16N4O2S/c1-3-12-4-6-13(7-5-12)18-22(20,21)14-8-9-15-17-16-11(2)19(15)10-14/h4-10,18H,3H2,1-2H3. The SMILES string of the molecule is CCc1ccc(NS(=O)(=O)c2ccc3nnc(C)n3c2)cc1. The second kappa shape index (κ2) is 5.42. The molecule has 0 bridgehead atoms. The fourth-order valence-electron chi connectivity index (χ4n) is 2.17. The number of anilines is 1. The second-order valence-corrected chi connectivity index (χ2v) is 6.68. The molecule has 22 heavy (non-hydrogen) atoms. The number of hydrogen-bond acceptors (Lipinski definition) is 4. The molecule has 1 N–H and O–H groups in total. The molecule has 6 nitrogen and oxygen atoms in total. The number of nitrogens with one attached hydrogen (secondary N) is 1. The van der Waals surface area contributed by atoms with Crippen LogP contribution in [0.15, 0.2) is 47.5 Å². The topological polar surface area (TPSA) is 76.4 Å². The highest BCUT2D eigenvalue weighted by atomic mass is 32.2. The molecule has 114 valence electrons. The average Bonchev–Trinajstić information content (AvgIpc) is 2.89. The van der Waals surface area contributed by atoms with E-state index in [0.29, 0.717) is 17.2 Å². The van der Waals surface area contributed by atoms with Gasteiger partial charge in [0, 0.05) is 11.9 Å². The normalized spacial score (nSPS) is 11.7. The first-order valence-corrected chi connectivity index (χ1v) is 8.41. The van der Waals surface area contributed by atoms with E-state index in [9.17, 15) is 8.42 Å². The molecule has 7 heteroatoms. The molecular weight excluding hydrogens is 300 g/mol. The summed E-state index contributed by atoms with van der Waals surface area (Å²) in [4.78, 5) is 0.169. The van der Waals surface area contributed by atoms with Crippen molar-refractivity contribution in [2.24, 2.45) is 0 Å². The molecule has 2 heterocycles. The monoisotopic (exact) mass is 316 g/mol. The Kier molecular flexibility index (Phi) is 3.58. The molecule has 0 amide bonds. The lowest BCUT2D eigenvalue weighted by molar-refractivity contribution is 0.600. The highest BCUT2D eigenvalue weighted by Crippen LogP contribution is 2.17. The molecule has 0 spiro atoms. The fourth-order valence-corrected chi connectivity index (χ4v) is 3.22. The molecule has 3 aromatic rings.